The van der Waals surface area contributed by atoms with E-state index < -0.39 is 0 Å². The molecule has 196 valence electrons. The number of para-hydroxylation sites is 3. The summed E-state index contributed by atoms with van der Waals surface area (Å²) in [5, 5.41) is 7.36. The molecule has 0 atom stereocenters. The van der Waals surface area contributed by atoms with Crippen LogP contribution in [-0.4, -0.2) is 14.1 Å². The molecule has 3 heterocycles. The monoisotopic (exact) mass is 535 g/mol. The standard InChI is InChI=1S/C39H25N3/c1-3-9-29(10-4-1)41-35-14-8-7-13-31(35)32-23-27(16-18-36(32)41)28-17-19-37-33(24-28)39-34-25-40-22-21-26(34)15-20-38(39)42(37)30-11-5-2-6-12-30/h1-25H. The Hall–Kier alpha value is -5.67. The smallest absolute Gasteiger partial charge is 0.0548 e. The van der Waals surface area contributed by atoms with Crippen LogP contribution in [0.2, 0.25) is 0 Å². The van der Waals surface area contributed by atoms with Gasteiger partial charge in [-0.15, -0.1) is 0 Å². The molecule has 3 aromatic heterocycles. The van der Waals surface area contributed by atoms with E-state index in [-0.39, 0.29) is 0 Å². The summed E-state index contributed by atoms with van der Waals surface area (Å²) in [6.07, 6.45) is 3.88. The topological polar surface area (TPSA) is 22.8 Å². The summed E-state index contributed by atoms with van der Waals surface area (Å²) >= 11 is 0. The highest BCUT2D eigenvalue weighted by atomic mass is 15.0. The van der Waals surface area contributed by atoms with Gasteiger partial charge in [-0.1, -0.05) is 72.8 Å². The number of rotatable bonds is 3. The van der Waals surface area contributed by atoms with Crippen LogP contribution in [0.15, 0.2) is 152 Å². The summed E-state index contributed by atoms with van der Waals surface area (Å²) in [4.78, 5) is 4.51. The zero-order valence-corrected chi connectivity index (χ0v) is 22.8. The molecule has 6 aromatic carbocycles. The van der Waals surface area contributed by atoms with Gasteiger partial charge in [-0.2, -0.15) is 0 Å². The van der Waals surface area contributed by atoms with Gasteiger partial charge in [-0.3, -0.25) is 4.98 Å². The minimum absolute atomic E-state index is 1.16. The van der Waals surface area contributed by atoms with E-state index in [0.29, 0.717) is 0 Å². The molecular formula is C39H25N3. The van der Waals surface area contributed by atoms with Crippen LogP contribution < -0.4 is 0 Å². The first-order valence-corrected chi connectivity index (χ1v) is 14.3. The Morgan fingerprint density at radius 1 is 0.405 bits per heavy atom. The van der Waals surface area contributed by atoms with E-state index in [1.807, 2.05) is 12.4 Å². The van der Waals surface area contributed by atoms with E-state index in [9.17, 15) is 0 Å². The van der Waals surface area contributed by atoms with Crippen LogP contribution >= 0.6 is 0 Å². The van der Waals surface area contributed by atoms with Crippen molar-refractivity contribution in [3.63, 3.8) is 0 Å². The maximum absolute atomic E-state index is 4.51. The molecule has 0 fully saturated rings. The second-order valence-corrected chi connectivity index (χ2v) is 10.9. The summed E-state index contributed by atoms with van der Waals surface area (Å²) in [6, 6.07) is 50.3. The van der Waals surface area contributed by atoms with Crippen LogP contribution in [0.4, 0.5) is 0 Å². The van der Waals surface area contributed by atoms with E-state index in [1.54, 1.807) is 0 Å². The lowest BCUT2D eigenvalue weighted by Gasteiger charge is -2.09. The van der Waals surface area contributed by atoms with Gasteiger partial charge >= 0.3 is 0 Å². The van der Waals surface area contributed by atoms with Crippen molar-refractivity contribution in [3.8, 4) is 22.5 Å². The predicted octanol–water partition coefficient (Wildman–Crippen LogP) is 10.1. The molecule has 0 aliphatic rings. The van der Waals surface area contributed by atoms with E-state index >= 15 is 0 Å². The van der Waals surface area contributed by atoms with Gasteiger partial charge < -0.3 is 9.13 Å². The van der Waals surface area contributed by atoms with Gasteiger partial charge in [0.05, 0.1) is 22.1 Å². The third-order valence-electron chi connectivity index (χ3n) is 8.58. The van der Waals surface area contributed by atoms with Crippen LogP contribution in [0.1, 0.15) is 0 Å². The molecule has 0 aliphatic carbocycles. The summed E-state index contributed by atoms with van der Waals surface area (Å²) in [5.74, 6) is 0. The summed E-state index contributed by atoms with van der Waals surface area (Å²) in [6.45, 7) is 0. The van der Waals surface area contributed by atoms with Crippen molar-refractivity contribution in [2.75, 3.05) is 0 Å². The summed E-state index contributed by atoms with van der Waals surface area (Å²) in [7, 11) is 0. The number of fused-ring (bicyclic) bond motifs is 8. The van der Waals surface area contributed by atoms with Crippen molar-refractivity contribution in [1.29, 1.82) is 0 Å². The molecule has 0 spiro atoms. The molecule has 9 aromatic rings. The molecule has 0 saturated carbocycles. The second-order valence-electron chi connectivity index (χ2n) is 10.9. The molecule has 42 heavy (non-hydrogen) atoms. The average molecular weight is 536 g/mol. The Morgan fingerprint density at radius 3 is 1.71 bits per heavy atom. The maximum Gasteiger partial charge on any atom is 0.0548 e. The van der Waals surface area contributed by atoms with E-state index in [2.05, 4.69) is 154 Å². The fraction of sp³-hybridized carbons (Fsp3) is 0. The lowest BCUT2D eigenvalue weighted by Crippen LogP contribution is -1.93. The minimum Gasteiger partial charge on any atom is -0.309 e. The number of benzene rings is 6. The SMILES string of the molecule is c1ccc(-n2c3ccccc3c3cc(-c4ccc5c(c4)c4c6cnccc6ccc4n5-c4ccccc4)ccc32)cc1. The Kier molecular flexibility index (Phi) is 4.90. The van der Waals surface area contributed by atoms with Crippen LogP contribution in [0, 0.1) is 0 Å². The highest BCUT2D eigenvalue weighted by Gasteiger charge is 2.17. The molecule has 0 amide bonds. The Labute approximate surface area is 242 Å². The van der Waals surface area contributed by atoms with Gasteiger partial charge in [0.2, 0.25) is 0 Å². The highest BCUT2D eigenvalue weighted by molar-refractivity contribution is 6.22. The molecular weight excluding hydrogens is 510 g/mol. The van der Waals surface area contributed by atoms with Gasteiger partial charge in [0.15, 0.2) is 0 Å². The van der Waals surface area contributed by atoms with Gasteiger partial charge in [0.25, 0.3) is 0 Å². The number of hydrogen-bond donors (Lipinski definition) is 0. The van der Waals surface area contributed by atoms with Gasteiger partial charge in [-0.25, -0.2) is 0 Å². The van der Waals surface area contributed by atoms with Crippen molar-refractivity contribution in [3.05, 3.63) is 152 Å². The predicted molar refractivity (Wildman–Crippen MR) is 176 cm³/mol. The molecule has 0 aliphatic heterocycles. The Balaban J connectivity index is 1.32. The number of nitrogens with zero attached hydrogens (tertiary/aromatic N) is 3. The maximum atomic E-state index is 4.51. The molecule has 0 N–H and O–H groups in total. The largest absolute Gasteiger partial charge is 0.309 e. The van der Waals surface area contributed by atoms with Crippen molar-refractivity contribution >= 4 is 54.4 Å². The summed E-state index contributed by atoms with van der Waals surface area (Å²) in [5.41, 5.74) is 9.55. The molecule has 0 radical (unpaired) electrons. The number of hydrogen-bond acceptors (Lipinski definition) is 1. The fourth-order valence-electron chi connectivity index (χ4n) is 6.72. The zero-order chi connectivity index (χ0) is 27.6. The lowest BCUT2D eigenvalue weighted by molar-refractivity contribution is 1.18. The van der Waals surface area contributed by atoms with Gasteiger partial charge in [0, 0.05) is 50.7 Å². The number of pyridine rings is 1. The van der Waals surface area contributed by atoms with Crippen molar-refractivity contribution in [2.24, 2.45) is 0 Å². The fourth-order valence-corrected chi connectivity index (χ4v) is 6.72. The van der Waals surface area contributed by atoms with Crippen LogP contribution in [0.5, 0.6) is 0 Å². The summed E-state index contributed by atoms with van der Waals surface area (Å²) < 4.78 is 4.74. The molecule has 3 heteroatoms. The van der Waals surface area contributed by atoms with Crippen molar-refractivity contribution in [1.82, 2.24) is 14.1 Å². The van der Waals surface area contributed by atoms with Gasteiger partial charge in [-0.05, 0) is 83.2 Å². The molecule has 0 bridgehead atoms. The zero-order valence-electron chi connectivity index (χ0n) is 22.8. The second kappa shape index (κ2) is 8.92. The Bertz CT molecular complexity index is 2450. The normalized spacial score (nSPS) is 11.8. The Morgan fingerprint density at radius 2 is 0.976 bits per heavy atom. The van der Waals surface area contributed by atoms with Crippen LogP contribution in [0.3, 0.4) is 0 Å². The third kappa shape index (κ3) is 3.31. The van der Waals surface area contributed by atoms with E-state index in [1.165, 1.54) is 71.2 Å². The highest BCUT2D eigenvalue weighted by Crippen LogP contribution is 2.40. The van der Waals surface area contributed by atoms with Crippen LogP contribution in [0.25, 0.3) is 76.9 Å². The van der Waals surface area contributed by atoms with E-state index in [0.717, 1.165) is 5.69 Å². The minimum atomic E-state index is 1.16. The quantitative estimate of drug-likeness (QED) is 0.221. The third-order valence-corrected chi connectivity index (χ3v) is 8.58. The number of aromatic nitrogens is 3. The first-order valence-electron chi connectivity index (χ1n) is 14.3. The van der Waals surface area contributed by atoms with Gasteiger partial charge in [0.1, 0.15) is 0 Å². The molecule has 3 nitrogen and oxygen atoms in total. The molecule has 0 saturated heterocycles. The van der Waals surface area contributed by atoms with Crippen molar-refractivity contribution in [2.45, 2.75) is 0 Å². The first kappa shape index (κ1) is 23.1. The average Bonchev–Trinajstić information content (AvgIpc) is 3.58. The lowest BCUT2D eigenvalue weighted by atomic mass is 9.99. The molecule has 9 rings (SSSR count). The molecule has 0 unspecified atom stereocenters. The van der Waals surface area contributed by atoms with E-state index in [4.69, 9.17) is 0 Å². The van der Waals surface area contributed by atoms with Crippen molar-refractivity contribution < 1.29 is 0 Å². The van der Waals surface area contributed by atoms with Crippen LogP contribution in [-0.2, 0) is 0 Å². The first-order chi connectivity index (χ1) is 20.8.